The monoisotopic (exact) mass is 484 g/mol. The lowest BCUT2D eigenvalue weighted by atomic mass is 9.93. The highest BCUT2D eigenvalue weighted by molar-refractivity contribution is 5.25. The van der Waals surface area contributed by atoms with Crippen molar-refractivity contribution < 1.29 is 29.2 Å². The smallest absolute Gasteiger partial charge is 0.184 e. The average Bonchev–Trinajstić information content (AvgIpc) is 2.89. The number of benzene rings is 2. The summed E-state index contributed by atoms with van der Waals surface area (Å²) >= 11 is 0. The molecule has 2 N–H and O–H groups in total. The molecule has 0 amide bonds. The molecule has 6 nitrogen and oxygen atoms in total. The van der Waals surface area contributed by atoms with Crippen LogP contribution in [0.1, 0.15) is 81.3 Å². The van der Waals surface area contributed by atoms with Gasteiger partial charge in [-0.15, -0.1) is 0 Å². The van der Waals surface area contributed by atoms with E-state index in [1.54, 1.807) is 0 Å². The first-order chi connectivity index (χ1) is 17.1. The van der Waals surface area contributed by atoms with E-state index in [4.69, 9.17) is 18.9 Å². The first kappa shape index (κ1) is 26.3. The highest BCUT2D eigenvalue weighted by atomic mass is 16.8. The van der Waals surface area contributed by atoms with Crippen molar-refractivity contribution >= 4 is 0 Å². The van der Waals surface area contributed by atoms with E-state index in [9.17, 15) is 10.2 Å². The van der Waals surface area contributed by atoms with E-state index in [2.05, 4.69) is 45.0 Å². The number of ether oxygens (including phenoxy) is 4. The van der Waals surface area contributed by atoms with Crippen molar-refractivity contribution in [2.24, 2.45) is 0 Å². The Morgan fingerprint density at radius 1 is 0.686 bits per heavy atom. The summed E-state index contributed by atoms with van der Waals surface area (Å²) in [6.45, 7) is 6.02. The van der Waals surface area contributed by atoms with Gasteiger partial charge in [0.1, 0.15) is 24.4 Å². The van der Waals surface area contributed by atoms with Gasteiger partial charge in [0.25, 0.3) is 0 Å². The maximum absolute atomic E-state index is 10.7. The third-order valence-corrected chi connectivity index (χ3v) is 6.88. The lowest BCUT2D eigenvalue weighted by Gasteiger charge is -2.50. The molecule has 3 unspecified atom stereocenters. The van der Waals surface area contributed by atoms with Crippen molar-refractivity contribution in [3.05, 3.63) is 70.8 Å². The molecule has 0 saturated carbocycles. The van der Waals surface area contributed by atoms with Crippen LogP contribution < -0.4 is 0 Å². The van der Waals surface area contributed by atoms with Crippen LogP contribution in [0.3, 0.4) is 0 Å². The van der Waals surface area contributed by atoms with E-state index < -0.39 is 43.6 Å². The maximum atomic E-state index is 10.7. The van der Waals surface area contributed by atoms with E-state index in [1.807, 2.05) is 24.3 Å². The molecule has 7 atom stereocenters. The fraction of sp³-hybridized carbons (Fsp3) is 0.586. The number of rotatable bonds is 10. The molecule has 2 aliphatic heterocycles. The normalized spacial score (nSPS) is 29.5. The number of fused-ring (bicyclic) bond motifs is 1. The van der Waals surface area contributed by atoms with Gasteiger partial charge in [0.2, 0.25) is 0 Å². The molecule has 0 spiro atoms. The van der Waals surface area contributed by atoms with Crippen LogP contribution in [-0.2, 0) is 31.8 Å². The van der Waals surface area contributed by atoms with Gasteiger partial charge in [0.15, 0.2) is 12.6 Å². The standard InChI is InChI=1S/C29H40O6/c1-4-7-19-10-14-21(15-11-19)28-32-24(9-6-3)26-27(35-28)25(23(31)18-30)33-29(34-26)22-16-12-20(8-5-2)13-17-22/h10-17,23-31H,4-9,18H2,1-3H3/t23-,24?,25-,26+,27+,28?,29?/m1/s1. The predicted molar refractivity (Wildman–Crippen MR) is 134 cm³/mol. The van der Waals surface area contributed by atoms with Crippen molar-refractivity contribution in [1.82, 2.24) is 0 Å². The third kappa shape index (κ3) is 6.13. The van der Waals surface area contributed by atoms with Crippen LogP contribution in [-0.4, -0.2) is 47.3 Å². The summed E-state index contributed by atoms with van der Waals surface area (Å²) in [5, 5.41) is 20.5. The lowest BCUT2D eigenvalue weighted by molar-refractivity contribution is -0.391. The fourth-order valence-corrected chi connectivity index (χ4v) is 5.03. The highest BCUT2D eigenvalue weighted by Crippen LogP contribution is 2.42. The average molecular weight is 485 g/mol. The zero-order valence-electron chi connectivity index (χ0n) is 21.1. The van der Waals surface area contributed by atoms with Gasteiger partial charge in [0, 0.05) is 11.1 Å². The van der Waals surface area contributed by atoms with Crippen LogP contribution in [0.4, 0.5) is 0 Å². The summed E-state index contributed by atoms with van der Waals surface area (Å²) in [6, 6.07) is 16.5. The lowest BCUT2D eigenvalue weighted by Crippen LogP contribution is -2.61. The van der Waals surface area contributed by atoms with Gasteiger partial charge >= 0.3 is 0 Å². The molecular weight excluding hydrogens is 444 g/mol. The van der Waals surface area contributed by atoms with E-state index >= 15 is 0 Å². The summed E-state index contributed by atoms with van der Waals surface area (Å²) in [5.74, 6) is 0. The van der Waals surface area contributed by atoms with Crippen LogP contribution in [0.15, 0.2) is 48.5 Å². The molecule has 6 heteroatoms. The van der Waals surface area contributed by atoms with E-state index in [0.29, 0.717) is 0 Å². The maximum Gasteiger partial charge on any atom is 0.184 e. The number of aliphatic hydroxyl groups excluding tert-OH is 2. The molecule has 192 valence electrons. The minimum atomic E-state index is -1.10. The molecule has 0 aliphatic carbocycles. The van der Waals surface area contributed by atoms with Crippen LogP contribution in [0, 0.1) is 0 Å². The van der Waals surface area contributed by atoms with Gasteiger partial charge in [-0.1, -0.05) is 88.6 Å². The zero-order chi connectivity index (χ0) is 24.8. The summed E-state index contributed by atoms with van der Waals surface area (Å²) in [7, 11) is 0. The molecule has 2 aliphatic rings. The van der Waals surface area contributed by atoms with Crippen LogP contribution in [0.2, 0.25) is 0 Å². The van der Waals surface area contributed by atoms with Crippen molar-refractivity contribution in [3.8, 4) is 0 Å². The van der Waals surface area contributed by atoms with Crippen molar-refractivity contribution in [2.45, 2.75) is 102 Å². The number of aliphatic hydroxyl groups is 2. The number of hydrogen-bond acceptors (Lipinski definition) is 6. The molecule has 4 rings (SSSR count). The van der Waals surface area contributed by atoms with Crippen molar-refractivity contribution in [3.63, 3.8) is 0 Å². The highest BCUT2D eigenvalue weighted by Gasteiger charge is 2.51. The van der Waals surface area contributed by atoms with Crippen LogP contribution in [0.25, 0.3) is 0 Å². The molecule has 0 aromatic heterocycles. The van der Waals surface area contributed by atoms with E-state index in [1.165, 1.54) is 11.1 Å². The quantitative estimate of drug-likeness (QED) is 0.494. The Balaban J connectivity index is 1.59. The summed E-state index contributed by atoms with van der Waals surface area (Å²) in [5.41, 5.74) is 4.34. The van der Waals surface area contributed by atoms with E-state index in [-0.39, 0.29) is 6.10 Å². The Labute approximate surface area is 209 Å². The minimum absolute atomic E-state index is 0.224. The van der Waals surface area contributed by atoms with Gasteiger partial charge in [-0.3, -0.25) is 0 Å². The fourth-order valence-electron chi connectivity index (χ4n) is 5.03. The molecule has 0 bridgehead atoms. The molecule has 35 heavy (non-hydrogen) atoms. The number of aryl methyl sites for hydroxylation is 2. The third-order valence-electron chi connectivity index (χ3n) is 6.88. The molecule has 2 heterocycles. The molecular formula is C29H40O6. The second-order valence-corrected chi connectivity index (χ2v) is 9.66. The van der Waals surface area contributed by atoms with Crippen molar-refractivity contribution in [1.29, 1.82) is 0 Å². The zero-order valence-corrected chi connectivity index (χ0v) is 21.1. The molecule has 2 fully saturated rings. The summed E-state index contributed by atoms with van der Waals surface area (Å²) in [6.07, 6.45) is 1.61. The minimum Gasteiger partial charge on any atom is -0.394 e. The van der Waals surface area contributed by atoms with Gasteiger partial charge < -0.3 is 29.2 Å². The first-order valence-corrected chi connectivity index (χ1v) is 13.2. The van der Waals surface area contributed by atoms with E-state index in [0.717, 1.165) is 49.7 Å². The molecule has 2 saturated heterocycles. The topological polar surface area (TPSA) is 77.4 Å². The van der Waals surface area contributed by atoms with Gasteiger partial charge in [0.05, 0.1) is 12.7 Å². The Kier molecular flexibility index (Phi) is 9.34. The second kappa shape index (κ2) is 12.4. The van der Waals surface area contributed by atoms with Crippen LogP contribution >= 0.6 is 0 Å². The Morgan fingerprint density at radius 2 is 1.20 bits per heavy atom. The Hall–Kier alpha value is -1.80. The predicted octanol–water partition coefficient (Wildman–Crippen LogP) is 5.01. The van der Waals surface area contributed by atoms with Gasteiger partial charge in [-0.25, -0.2) is 0 Å². The van der Waals surface area contributed by atoms with Crippen molar-refractivity contribution in [2.75, 3.05) is 6.61 Å². The van der Waals surface area contributed by atoms with Gasteiger partial charge in [-0.05, 0) is 30.4 Å². The van der Waals surface area contributed by atoms with Gasteiger partial charge in [-0.2, -0.15) is 0 Å². The SMILES string of the molecule is CCCc1ccc(C2OC(CCC)[C@@H]3OC(c4ccc(CCC)cc4)O[C@H]([C@H](O)CO)[C@@H]3O2)cc1. The number of hydrogen-bond donors (Lipinski definition) is 2. The first-order valence-electron chi connectivity index (χ1n) is 13.2. The Bertz CT molecular complexity index is 898. The summed E-state index contributed by atoms with van der Waals surface area (Å²) in [4.78, 5) is 0. The molecule has 2 aromatic carbocycles. The molecule has 2 aromatic rings. The summed E-state index contributed by atoms with van der Waals surface area (Å²) < 4.78 is 25.5. The largest absolute Gasteiger partial charge is 0.394 e. The molecule has 0 radical (unpaired) electrons. The Morgan fingerprint density at radius 3 is 1.69 bits per heavy atom. The van der Waals surface area contributed by atoms with Crippen LogP contribution in [0.5, 0.6) is 0 Å². The second-order valence-electron chi connectivity index (χ2n) is 9.66.